The van der Waals surface area contributed by atoms with Crippen LogP contribution in [0.25, 0.3) is 0 Å². The molecule has 4 N–H and O–H groups in total. The highest BCUT2D eigenvalue weighted by atomic mass is 127. The van der Waals surface area contributed by atoms with Crippen molar-refractivity contribution in [3.8, 4) is 0 Å². The Hall–Kier alpha value is -0.200. The number of nitrogens with two attached hydrogens (primary N) is 2. The minimum atomic E-state index is -0.182. The highest BCUT2D eigenvalue weighted by Gasteiger charge is 2.21. The summed E-state index contributed by atoms with van der Waals surface area (Å²) in [4.78, 5) is 4.02. The summed E-state index contributed by atoms with van der Waals surface area (Å²) >= 11 is 11.8. The first-order valence-corrected chi connectivity index (χ1v) is 5.59. The normalized spacial score (nSPS) is 10.6. The lowest BCUT2D eigenvalue weighted by atomic mass is 9.85. The molecule has 0 heterocycles. The molecule has 1 aromatic carbocycles. The van der Waals surface area contributed by atoms with E-state index in [-0.39, 0.29) is 35.4 Å². The molecule has 0 saturated heterocycles. The predicted octanol–water partition coefficient (Wildman–Crippen LogP) is 3.16. The van der Waals surface area contributed by atoms with Crippen molar-refractivity contribution in [2.75, 3.05) is 6.54 Å². The van der Waals surface area contributed by atoms with E-state index in [9.17, 15) is 0 Å². The van der Waals surface area contributed by atoms with E-state index in [2.05, 4.69) is 4.99 Å². The first kappa shape index (κ1) is 16.8. The molecule has 0 aliphatic heterocycles. The number of rotatable bonds is 3. The van der Waals surface area contributed by atoms with Gasteiger partial charge in [0.2, 0.25) is 0 Å². The first-order valence-electron chi connectivity index (χ1n) is 4.84. The number of aliphatic imine (C=N–C) groups is 1. The molecule has 3 nitrogen and oxygen atoms in total. The molecule has 1 rings (SSSR count). The molecule has 0 saturated carbocycles. The van der Waals surface area contributed by atoms with E-state index in [1.54, 1.807) is 6.07 Å². The molecule has 0 aliphatic carbocycles. The van der Waals surface area contributed by atoms with Crippen LogP contribution in [0.15, 0.2) is 23.2 Å². The fourth-order valence-electron chi connectivity index (χ4n) is 1.30. The molecule has 0 spiro atoms. The molecular formula is C11H16Cl2IN3. The van der Waals surface area contributed by atoms with Crippen LogP contribution < -0.4 is 11.5 Å². The molecule has 0 aliphatic rings. The molecular weight excluding hydrogens is 372 g/mol. The van der Waals surface area contributed by atoms with Crippen LogP contribution in [0.1, 0.15) is 19.4 Å². The summed E-state index contributed by atoms with van der Waals surface area (Å²) in [5, 5.41) is 1.08. The largest absolute Gasteiger partial charge is 0.370 e. The molecule has 0 atom stereocenters. The van der Waals surface area contributed by atoms with Gasteiger partial charge in [-0.3, -0.25) is 4.99 Å². The van der Waals surface area contributed by atoms with E-state index in [0.717, 1.165) is 5.56 Å². The highest BCUT2D eigenvalue weighted by Crippen LogP contribution is 2.30. The lowest BCUT2D eigenvalue weighted by molar-refractivity contribution is 0.540. The molecule has 0 aromatic heterocycles. The molecule has 17 heavy (non-hydrogen) atoms. The number of guanidine groups is 1. The fourth-order valence-corrected chi connectivity index (χ4v) is 1.60. The monoisotopic (exact) mass is 387 g/mol. The molecule has 0 fully saturated rings. The van der Waals surface area contributed by atoms with Gasteiger partial charge in [0.25, 0.3) is 0 Å². The van der Waals surface area contributed by atoms with Crippen LogP contribution in [0.3, 0.4) is 0 Å². The minimum Gasteiger partial charge on any atom is -0.370 e. The van der Waals surface area contributed by atoms with Crippen LogP contribution in [0.5, 0.6) is 0 Å². The van der Waals surface area contributed by atoms with Crippen molar-refractivity contribution >= 4 is 53.1 Å². The Kier molecular flexibility index (Phi) is 6.58. The Morgan fingerprint density at radius 1 is 1.24 bits per heavy atom. The van der Waals surface area contributed by atoms with Crippen LogP contribution in [-0.4, -0.2) is 12.5 Å². The van der Waals surface area contributed by atoms with E-state index in [1.165, 1.54) is 0 Å². The van der Waals surface area contributed by atoms with Crippen molar-refractivity contribution in [2.24, 2.45) is 16.5 Å². The van der Waals surface area contributed by atoms with E-state index in [4.69, 9.17) is 34.7 Å². The zero-order chi connectivity index (χ0) is 12.3. The summed E-state index contributed by atoms with van der Waals surface area (Å²) in [5.74, 6) is 0.0909. The quantitative estimate of drug-likeness (QED) is 0.475. The van der Waals surface area contributed by atoms with Crippen molar-refractivity contribution in [3.63, 3.8) is 0 Å². The Morgan fingerprint density at radius 2 is 1.82 bits per heavy atom. The summed E-state index contributed by atoms with van der Waals surface area (Å²) in [7, 11) is 0. The topological polar surface area (TPSA) is 64.4 Å². The summed E-state index contributed by atoms with van der Waals surface area (Å²) in [5.41, 5.74) is 11.5. The summed E-state index contributed by atoms with van der Waals surface area (Å²) in [6.45, 7) is 4.59. The van der Waals surface area contributed by atoms with Gasteiger partial charge in [0.15, 0.2) is 5.96 Å². The number of benzene rings is 1. The molecule has 1 aromatic rings. The Labute approximate surface area is 129 Å². The van der Waals surface area contributed by atoms with Gasteiger partial charge in [-0.05, 0) is 17.7 Å². The zero-order valence-corrected chi connectivity index (χ0v) is 13.5. The minimum absolute atomic E-state index is 0. The van der Waals surface area contributed by atoms with Gasteiger partial charge in [0, 0.05) is 5.41 Å². The van der Waals surface area contributed by atoms with Crippen molar-refractivity contribution in [1.29, 1.82) is 0 Å². The number of halogens is 3. The number of nitrogens with zero attached hydrogens (tertiary/aromatic N) is 1. The predicted molar refractivity (Wildman–Crippen MR) is 85.6 cm³/mol. The molecule has 0 bridgehead atoms. The van der Waals surface area contributed by atoms with E-state index >= 15 is 0 Å². The van der Waals surface area contributed by atoms with Crippen molar-refractivity contribution < 1.29 is 0 Å². The summed E-state index contributed by atoms with van der Waals surface area (Å²) in [6.07, 6.45) is 0. The van der Waals surface area contributed by atoms with Gasteiger partial charge < -0.3 is 11.5 Å². The fraction of sp³-hybridized carbons (Fsp3) is 0.364. The maximum atomic E-state index is 5.97. The molecule has 0 radical (unpaired) electrons. The van der Waals surface area contributed by atoms with Gasteiger partial charge in [-0.2, -0.15) is 0 Å². The summed E-state index contributed by atoms with van der Waals surface area (Å²) < 4.78 is 0. The van der Waals surface area contributed by atoms with Crippen LogP contribution in [0.2, 0.25) is 10.0 Å². The SMILES string of the molecule is CC(C)(CN=C(N)N)c1ccc(Cl)c(Cl)c1.I. The van der Waals surface area contributed by atoms with Gasteiger partial charge in [-0.15, -0.1) is 24.0 Å². The zero-order valence-electron chi connectivity index (χ0n) is 9.71. The van der Waals surface area contributed by atoms with E-state index in [0.29, 0.717) is 16.6 Å². The molecule has 6 heteroatoms. The van der Waals surface area contributed by atoms with Crippen LogP contribution in [0, 0.1) is 0 Å². The van der Waals surface area contributed by atoms with Crippen LogP contribution >= 0.6 is 47.2 Å². The highest BCUT2D eigenvalue weighted by molar-refractivity contribution is 14.0. The van der Waals surface area contributed by atoms with Crippen molar-refractivity contribution in [3.05, 3.63) is 33.8 Å². The third kappa shape index (κ3) is 4.89. The van der Waals surface area contributed by atoms with E-state index < -0.39 is 0 Å². The van der Waals surface area contributed by atoms with Gasteiger partial charge in [0.1, 0.15) is 0 Å². The second kappa shape index (κ2) is 6.66. The van der Waals surface area contributed by atoms with E-state index in [1.807, 2.05) is 26.0 Å². The van der Waals surface area contributed by atoms with Gasteiger partial charge in [-0.1, -0.05) is 43.1 Å². The molecule has 0 unspecified atom stereocenters. The van der Waals surface area contributed by atoms with Crippen molar-refractivity contribution in [2.45, 2.75) is 19.3 Å². The Morgan fingerprint density at radius 3 is 2.29 bits per heavy atom. The van der Waals surface area contributed by atoms with Crippen LogP contribution in [0.4, 0.5) is 0 Å². The Balaban J connectivity index is 0.00000256. The standard InChI is InChI=1S/C11H15Cl2N3.HI/c1-11(2,6-16-10(14)15)7-3-4-8(12)9(13)5-7;/h3-5H,6H2,1-2H3,(H4,14,15,16);1H. The van der Waals surface area contributed by atoms with Gasteiger partial charge >= 0.3 is 0 Å². The average molecular weight is 388 g/mol. The second-order valence-electron chi connectivity index (χ2n) is 4.25. The number of hydrogen-bond donors (Lipinski definition) is 2. The first-order chi connectivity index (χ1) is 7.33. The molecule has 0 amide bonds. The molecule has 96 valence electrons. The third-order valence-electron chi connectivity index (χ3n) is 2.36. The van der Waals surface area contributed by atoms with Crippen molar-refractivity contribution in [1.82, 2.24) is 0 Å². The third-order valence-corrected chi connectivity index (χ3v) is 3.10. The van der Waals surface area contributed by atoms with Gasteiger partial charge in [0.05, 0.1) is 16.6 Å². The summed E-state index contributed by atoms with van der Waals surface area (Å²) in [6, 6.07) is 5.54. The maximum absolute atomic E-state index is 5.97. The lowest BCUT2D eigenvalue weighted by Gasteiger charge is -2.23. The second-order valence-corrected chi connectivity index (χ2v) is 5.07. The number of hydrogen-bond acceptors (Lipinski definition) is 1. The van der Waals surface area contributed by atoms with Crippen LogP contribution in [-0.2, 0) is 5.41 Å². The maximum Gasteiger partial charge on any atom is 0.185 e. The average Bonchev–Trinajstić information content (AvgIpc) is 2.19. The van der Waals surface area contributed by atoms with Gasteiger partial charge in [-0.25, -0.2) is 0 Å². The lowest BCUT2D eigenvalue weighted by Crippen LogP contribution is -2.28. The smallest absolute Gasteiger partial charge is 0.185 e. The Bertz CT molecular complexity index is 415.